The van der Waals surface area contributed by atoms with Gasteiger partial charge >= 0.3 is 0 Å². The van der Waals surface area contributed by atoms with E-state index in [1.165, 1.54) is 0 Å². The maximum atomic E-state index is 10.3. The van der Waals surface area contributed by atoms with Crippen LogP contribution in [-0.4, -0.2) is 6.29 Å². The molecule has 62 valence electrons. The molecule has 0 aromatic heterocycles. The highest BCUT2D eigenvalue weighted by Gasteiger charge is 1.90. The van der Waals surface area contributed by atoms with Gasteiger partial charge in [0.2, 0.25) is 0 Å². The Morgan fingerprint density at radius 3 is 2.50 bits per heavy atom. The molecule has 12 heavy (non-hydrogen) atoms. The Hall–Kier alpha value is -1.37. The highest BCUT2D eigenvalue weighted by molar-refractivity contribution is 5.60. The molecule has 0 radical (unpaired) electrons. The highest BCUT2D eigenvalue weighted by atomic mass is 16.1. The lowest BCUT2D eigenvalue weighted by molar-refractivity contribution is -0.109. The van der Waals surface area contributed by atoms with Crippen LogP contribution < -0.4 is 0 Å². The standard InChI is InChI=1S/C11H12O/c1-10(9-12)7-8-11-5-3-2-4-6-11/h2-10H,1H3. The van der Waals surface area contributed by atoms with Gasteiger partial charge in [0.25, 0.3) is 0 Å². The van der Waals surface area contributed by atoms with Crippen LogP contribution in [0.25, 0.3) is 6.08 Å². The third-order valence-corrected chi connectivity index (χ3v) is 1.61. The monoisotopic (exact) mass is 160 g/mol. The first kappa shape index (κ1) is 8.72. The number of rotatable bonds is 3. The molecule has 0 saturated heterocycles. The second-order valence-electron chi connectivity index (χ2n) is 2.76. The number of hydrogen-bond acceptors (Lipinski definition) is 1. The normalized spacial score (nSPS) is 13.1. The summed E-state index contributed by atoms with van der Waals surface area (Å²) in [6.45, 7) is 1.87. The first-order chi connectivity index (χ1) is 5.83. The zero-order valence-corrected chi connectivity index (χ0v) is 7.10. The Labute approximate surface area is 72.7 Å². The summed E-state index contributed by atoms with van der Waals surface area (Å²) in [5, 5.41) is 0. The molecule has 1 unspecified atom stereocenters. The quantitative estimate of drug-likeness (QED) is 0.621. The maximum Gasteiger partial charge on any atom is 0.126 e. The molecule has 1 atom stereocenters. The summed E-state index contributed by atoms with van der Waals surface area (Å²) >= 11 is 0. The van der Waals surface area contributed by atoms with Crippen molar-refractivity contribution in [2.75, 3.05) is 0 Å². The van der Waals surface area contributed by atoms with E-state index in [0.29, 0.717) is 0 Å². The van der Waals surface area contributed by atoms with Gasteiger partial charge in [0.05, 0.1) is 0 Å². The molecule has 0 fully saturated rings. The maximum absolute atomic E-state index is 10.3. The number of carbonyl (C=O) groups is 1. The van der Waals surface area contributed by atoms with E-state index in [1.807, 2.05) is 49.4 Å². The number of carbonyl (C=O) groups excluding carboxylic acids is 1. The molecule has 0 bridgehead atoms. The van der Waals surface area contributed by atoms with Gasteiger partial charge in [-0.15, -0.1) is 0 Å². The minimum absolute atomic E-state index is 0.00482. The zero-order chi connectivity index (χ0) is 8.81. The lowest BCUT2D eigenvalue weighted by Crippen LogP contribution is -1.87. The van der Waals surface area contributed by atoms with Gasteiger partial charge in [-0.3, -0.25) is 0 Å². The van der Waals surface area contributed by atoms with Crippen LogP contribution in [0.5, 0.6) is 0 Å². The van der Waals surface area contributed by atoms with E-state index in [0.717, 1.165) is 11.8 Å². The lowest BCUT2D eigenvalue weighted by atomic mass is 10.1. The van der Waals surface area contributed by atoms with Gasteiger partial charge in [-0.1, -0.05) is 49.4 Å². The number of benzene rings is 1. The highest BCUT2D eigenvalue weighted by Crippen LogP contribution is 2.03. The SMILES string of the molecule is CC(C=O)C=Cc1ccccc1. The summed E-state index contributed by atoms with van der Waals surface area (Å²) in [6, 6.07) is 9.94. The fraction of sp³-hybridized carbons (Fsp3) is 0.182. The Morgan fingerprint density at radius 2 is 1.92 bits per heavy atom. The van der Waals surface area contributed by atoms with Crippen molar-refractivity contribution in [3.63, 3.8) is 0 Å². The molecule has 0 spiro atoms. The van der Waals surface area contributed by atoms with E-state index in [4.69, 9.17) is 0 Å². The zero-order valence-electron chi connectivity index (χ0n) is 7.10. The van der Waals surface area contributed by atoms with Gasteiger partial charge in [0.15, 0.2) is 0 Å². The van der Waals surface area contributed by atoms with E-state index in [2.05, 4.69) is 0 Å². The van der Waals surface area contributed by atoms with Crippen molar-refractivity contribution in [2.24, 2.45) is 5.92 Å². The van der Waals surface area contributed by atoms with Gasteiger partial charge in [-0.25, -0.2) is 0 Å². The van der Waals surface area contributed by atoms with Crippen molar-refractivity contribution in [1.82, 2.24) is 0 Å². The van der Waals surface area contributed by atoms with Crippen LogP contribution >= 0.6 is 0 Å². The first-order valence-electron chi connectivity index (χ1n) is 4.01. The minimum Gasteiger partial charge on any atom is -0.303 e. The van der Waals surface area contributed by atoms with Crippen molar-refractivity contribution in [1.29, 1.82) is 0 Å². The van der Waals surface area contributed by atoms with Gasteiger partial charge in [-0.05, 0) is 5.56 Å². The van der Waals surface area contributed by atoms with Crippen LogP contribution in [0.15, 0.2) is 36.4 Å². The Kier molecular flexibility index (Phi) is 3.27. The molecule has 0 aliphatic heterocycles. The average molecular weight is 160 g/mol. The van der Waals surface area contributed by atoms with Gasteiger partial charge < -0.3 is 4.79 Å². The third kappa shape index (κ3) is 2.70. The molecule has 1 nitrogen and oxygen atoms in total. The smallest absolute Gasteiger partial charge is 0.126 e. The molecule has 0 amide bonds. The number of hydrogen-bond donors (Lipinski definition) is 0. The van der Waals surface area contributed by atoms with E-state index in [9.17, 15) is 4.79 Å². The van der Waals surface area contributed by atoms with Crippen molar-refractivity contribution < 1.29 is 4.79 Å². The van der Waals surface area contributed by atoms with Crippen LogP contribution in [0.1, 0.15) is 12.5 Å². The second-order valence-corrected chi connectivity index (χ2v) is 2.76. The molecular formula is C11H12O. The predicted molar refractivity (Wildman–Crippen MR) is 50.7 cm³/mol. The Bertz CT molecular complexity index is 262. The summed E-state index contributed by atoms with van der Waals surface area (Å²) in [5.41, 5.74) is 1.13. The largest absolute Gasteiger partial charge is 0.303 e. The number of allylic oxidation sites excluding steroid dienone is 1. The fourth-order valence-electron chi connectivity index (χ4n) is 0.872. The van der Waals surface area contributed by atoms with Crippen molar-refractivity contribution in [3.05, 3.63) is 42.0 Å². The molecule has 1 heteroatoms. The summed E-state index contributed by atoms with van der Waals surface area (Å²) in [4.78, 5) is 10.3. The Morgan fingerprint density at radius 1 is 1.25 bits per heavy atom. The molecule has 0 aliphatic carbocycles. The van der Waals surface area contributed by atoms with Crippen molar-refractivity contribution in [2.45, 2.75) is 6.92 Å². The Balaban J connectivity index is 2.63. The molecular weight excluding hydrogens is 148 g/mol. The first-order valence-corrected chi connectivity index (χ1v) is 4.01. The topological polar surface area (TPSA) is 17.1 Å². The third-order valence-electron chi connectivity index (χ3n) is 1.61. The summed E-state index contributed by atoms with van der Waals surface area (Å²) < 4.78 is 0. The van der Waals surface area contributed by atoms with E-state index < -0.39 is 0 Å². The van der Waals surface area contributed by atoms with Gasteiger partial charge in [-0.2, -0.15) is 0 Å². The van der Waals surface area contributed by atoms with E-state index in [1.54, 1.807) is 0 Å². The summed E-state index contributed by atoms with van der Waals surface area (Å²) in [7, 11) is 0. The van der Waals surface area contributed by atoms with Crippen LogP contribution in [-0.2, 0) is 4.79 Å². The van der Waals surface area contributed by atoms with Crippen LogP contribution in [0.4, 0.5) is 0 Å². The molecule has 1 aromatic carbocycles. The molecule has 0 heterocycles. The predicted octanol–water partition coefficient (Wildman–Crippen LogP) is 2.53. The van der Waals surface area contributed by atoms with Crippen LogP contribution in [0.3, 0.4) is 0 Å². The molecule has 0 aliphatic rings. The molecule has 1 aromatic rings. The van der Waals surface area contributed by atoms with Crippen LogP contribution in [0, 0.1) is 5.92 Å². The number of aldehydes is 1. The van der Waals surface area contributed by atoms with E-state index >= 15 is 0 Å². The van der Waals surface area contributed by atoms with E-state index in [-0.39, 0.29) is 5.92 Å². The lowest BCUT2D eigenvalue weighted by Gasteiger charge is -1.93. The average Bonchev–Trinajstić information content (AvgIpc) is 2.16. The molecule has 0 saturated carbocycles. The van der Waals surface area contributed by atoms with Gasteiger partial charge in [0, 0.05) is 5.92 Å². The fourth-order valence-corrected chi connectivity index (χ4v) is 0.872. The van der Waals surface area contributed by atoms with Crippen molar-refractivity contribution >= 4 is 12.4 Å². The summed E-state index contributed by atoms with van der Waals surface area (Å²) in [5.74, 6) is 0.00482. The molecule has 1 rings (SSSR count). The van der Waals surface area contributed by atoms with Gasteiger partial charge in [0.1, 0.15) is 6.29 Å². The minimum atomic E-state index is 0.00482. The van der Waals surface area contributed by atoms with Crippen LogP contribution in [0.2, 0.25) is 0 Å². The molecule has 0 N–H and O–H groups in total. The van der Waals surface area contributed by atoms with Crippen molar-refractivity contribution in [3.8, 4) is 0 Å². The second kappa shape index (κ2) is 4.50. The summed E-state index contributed by atoms with van der Waals surface area (Å²) in [6.07, 6.45) is 4.78.